The maximum atomic E-state index is 11.7. The van der Waals surface area contributed by atoms with Crippen LogP contribution >= 0.6 is 11.6 Å². The molecule has 0 bridgehead atoms. The van der Waals surface area contributed by atoms with Crippen LogP contribution in [0.2, 0.25) is 5.02 Å². The van der Waals surface area contributed by atoms with Crippen LogP contribution in [0.15, 0.2) is 18.2 Å². The number of imide groups is 1. The van der Waals surface area contributed by atoms with Crippen molar-refractivity contribution in [1.29, 1.82) is 5.26 Å². The van der Waals surface area contributed by atoms with Gasteiger partial charge in [-0.1, -0.05) is 17.7 Å². The number of hydrogen-bond donors (Lipinski definition) is 0. The molecule has 2 rings (SSSR count). The fraction of sp³-hybridized carbons (Fsp3) is 0.100. The van der Waals surface area contributed by atoms with Crippen molar-refractivity contribution >= 4 is 23.4 Å². The Morgan fingerprint density at radius 1 is 1.33 bits per heavy atom. The molecule has 0 saturated heterocycles. The summed E-state index contributed by atoms with van der Waals surface area (Å²) in [6.45, 7) is -0.247. The molecule has 1 heterocycles. The van der Waals surface area contributed by atoms with Gasteiger partial charge < -0.3 is 0 Å². The SMILES string of the molecule is N#CCN1C(=O)c2cccc(Cl)c2C1=O. The van der Waals surface area contributed by atoms with Crippen molar-refractivity contribution in [3.63, 3.8) is 0 Å². The van der Waals surface area contributed by atoms with Crippen LogP contribution in [0.4, 0.5) is 0 Å². The molecule has 0 atom stereocenters. The van der Waals surface area contributed by atoms with E-state index in [1.807, 2.05) is 0 Å². The molecule has 0 saturated carbocycles. The molecule has 1 aromatic carbocycles. The maximum Gasteiger partial charge on any atom is 0.263 e. The molecule has 0 aliphatic carbocycles. The fourth-order valence-electron chi connectivity index (χ4n) is 1.51. The van der Waals surface area contributed by atoms with E-state index in [1.54, 1.807) is 18.2 Å². The highest BCUT2D eigenvalue weighted by molar-refractivity contribution is 6.37. The topological polar surface area (TPSA) is 61.2 Å². The molecule has 4 nitrogen and oxygen atoms in total. The predicted octanol–water partition coefficient (Wildman–Crippen LogP) is 1.46. The van der Waals surface area contributed by atoms with Crippen molar-refractivity contribution in [2.45, 2.75) is 0 Å². The number of carbonyl (C=O) groups is 2. The average Bonchev–Trinajstić information content (AvgIpc) is 2.45. The third kappa shape index (κ3) is 1.29. The molecule has 0 fully saturated rings. The summed E-state index contributed by atoms with van der Waals surface area (Å²) in [6.07, 6.45) is 0. The fourth-order valence-corrected chi connectivity index (χ4v) is 1.76. The second-order valence-electron chi connectivity index (χ2n) is 3.02. The van der Waals surface area contributed by atoms with Gasteiger partial charge in [0.05, 0.1) is 22.2 Å². The Balaban J connectivity index is 2.57. The number of nitriles is 1. The largest absolute Gasteiger partial charge is 0.269 e. The molecular formula is C10H5ClN2O2. The van der Waals surface area contributed by atoms with Gasteiger partial charge in [-0.25, -0.2) is 0 Å². The van der Waals surface area contributed by atoms with Crippen LogP contribution in [0.1, 0.15) is 20.7 Å². The van der Waals surface area contributed by atoms with Crippen molar-refractivity contribution in [2.75, 3.05) is 6.54 Å². The minimum Gasteiger partial charge on any atom is -0.269 e. The lowest BCUT2D eigenvalue weighted by Gasteiger charge is -2.07. The van der Waals surface area contributed by atoms with Crippen molar-refractivity contribution in [3.05, 3.63) is 34.3 Å². The number of carbonyl (C=O) groups excluding carboxylic acids is 2. The van der Waals surface area contributed by atoms with E-state index in [0.29, 0.717) is 0 Å². The zero-order chi connectivity index (χ0) is 11.0. The summed E-state index contributed by atoms with van der Waals surface area (Å²) in [5.41, 5.74) is 0.460. The molecule has 1 aliphatic rings. The standard InChI is InChI=1S/C10H5ClN2O2/c11-7-3-1-2-6-8(7)10(15)13(5-4-12)9(6)14/h1-3H,5H2. The van der Waals surface area contributed by atoms with Gasteiger partial charge in [-0.15, -0.1) is 0 Å². The lowest BCUT2D eigenvalue weighted by atomic mass is 10.1. The van der Waals surface area contributed by atoms with Gasteiger partial charge in [0.25, 0.3) is 11.8 Å². The van der Waals surface area contributed by atoms with E-state index < -0.39 is 11.8 Å². The Bertz CT molecular complexity index is 505. The molecule has 1 aromatic rings. The Hall–Kier alpha value is -1.86. The Kier molecular flexibility index (Phi) is 2.18. The first kappa shape index (κ1) is 9.69. The summed E-state index contributed by atoms with van der Waals surface area (Å²) in [5, 5.41) is 8.72. The highest BCUT2D eigenvalue weighted by atomic mass is 35.5. The number of rotatable bonds is 1. The molecular weight excluding hydrogens is 216 g/mol. The van der Waals surface area contributed by atoms with Gasteiger partial charge in [0, 0.05) is 0 Å². The normalized spacial score (nSPS) is 14.0. The predicted molar refractivity (Wildman–Crippen MR) is 52.4 cm³/mol. The number of halogens is 1. The highest BCUT2D eigenvalue weighted by Gasteiger charge is 2.36. The first-order chi connectivity index (χ1) is 7.16. The number of fused-ring (bicyclic) bond motifs is 1. The number of benzene rings is 1. The molecule has 74 valence electrons. The molecule has 0 aromatic heterocycles. The van der Waals surface area contributed by atoms with Crippen molar-refractivity contribution < 1.29 is 9.59 Å². The van der Waals surface area contributed by atoms with Crippen LogP contribution in [0.3, 0.4) is 0 Å². The molecule has 0 N–H and O–H groups in total. The van der Waals surface area contributed by atoms with Gasteiger partial charge in [-0.2, -0.15) is 5.26 Å². The third-order valence-electron chi connectivity index (χ3n) is 2.18. The van der Waals surface area contributed by atoms with Crippen LogP contribution in [0, 0.1) is 11.3 Å². The van der Waals surface area contributed by atoms with Crippen LogP contribution in [0.25, 0.3) is 0 Å². The van der Waals surface area contributed by atoms with Crippen LogP contribution in [-0.4, -0.2) is 23.3 Å². The van der Waals surface area contributed by atoms with Crippen LogP contribution in [-0.2, 0) is 0 Å². The first-order valence-corrected chi connectivity index (χ1v) is 4.56. The highest BCUT2D eigenvalue weighted by Crippen LogP contribution is 2.28. The van der Waals surface area contributed by atoms with E-state index >= 15 is 0 Å². The number of amides is 2. The summed E-state index contributed by atoms with van der Waals surface area (Å²) >= 11 is 5.81. The number of nitrogens with zero attached hydrogens (tertiary/aromatic N) is 2. The van der Waals surface area contributed by atoms with E-state index in [4.69, 9.17) is 16.9 Å². The monoisotopic (exact) mass is 220 g/mol. The van der Waals surface area contributed by atoms with Crippen LogP contribution in [0.5, 0.6) is 0 Å². The second-order valence-corrected chi connectivity index (χ2v) is 3.42. The summed E-state index contributed by atoms with van der Waals surface area (Å²) in [7, 11) is 0. The van der Waals surface area contributed by atoms with E-state index in [2.05, 4.69) is 0 Å². The Morgan fingerprint density at radius 3 is 2.67 bits per heavy atom. The van der Waals surface area contributed by atoms with Crippen LogP contribution < -0.4 is 0 Å². The van der Waals surface area contributed by atoms with Gasteiger partial charge in [0.15, 0.2) is 0 Å². The van der Waals surface area contributed by atoms with E-state index in [1.165, 1.54) is 6.07 Å². The molecule has 0 radical (unpaired) electrons. The molecule has 0 spiro atoms. The third-order valence-corrected chi connectivity index (χ3v) is 2.49. The van der Waals surface area contributed by atoms with Crippen molar-refractivity contribution in [3.8, 4) is 6.07 Å². The smallest absolute Gasteiger partial charge is 0.263 e. The van der Waals surface area contributed by atoms with Crippen molar-refractivity contribution in [2.24, 2.45) is 0 Å². The minimum absolute atomic E-state index is 0.194. The molecule has 2 amide bonds. The minimum atomic E-state index is -0.498. The van der Waals surface area contributed by atoms with E-state index in [9.17, 15) is 9.59 Å². The second kappa shape index (κ2) is 3.37. The lowest BCUT2D eigenvalue weighted by molar-refractivity contribution is 0.0674. The van der Waals surface area contributed by atoms with Gasteiger partial charge >= 0.3 is 0 Å². The summed E-state index contributed by atoms with van der Waals surface area (Å²) in [4.78, 5) is 24.2. The van der Waals surface area contributed by atoms with Crippen molar-refractivity contribution in [1.82, 2.24) is 4.90 Å². The lowest BCUT2D eigenvalue weighted by Crippen LogP contribution is -2.29. The first-order valence-electron chi connectivity index (χ1n) is 4.18. The maximum absolute atomic E-state index is 11.7. The van der Waals surface area contributed by atoms with Gasteiger partial charge in [0.2, 0.25) is 0 Å². The van der Waals surface area contributed by atoms with E-state index in [-0.39, 0.29) is 22.7 Å². The van der Waals surface area contributed by atoms with Gasteiger partial charge in [-0.05, 0) is 12.1 Å². The summed E-state index contributed by atoms with van der Waals surface area (Å²) in [5.74, 6) is -0.957. The van der Waals surface area contributed by atoms with E-state index in [0.717, 1.165) is 4.90 Å². The molecule has 5 heteroatoms. The van der Waals surface area contributed by atoms with Gasteiger partial charge in [0.1, 0.15) is 6.54 Å². The number of hydrogen-bond acceptors (Lipinski definition) is 3. The molecule has 1 aliphatic heterocycles. The van der Waals surface area contributed by atoms with Gasteiger partial charge in [-0.3, -0.25) is 14.5 Å². The Labute approximate surface area is 90.7 Å². The summed E-state index contributed by atoms with van der Waals surface area (Å²) in [6, 6.07) is 6.44. The quantitative estimate of drug-likeness (QED) is 0.532. The molecule has 15 heavy (non-hydrogen) atoms. The molecule has 0 unspecified atom stereocenters. The summed E-state index contributed by atoms with van der Waals surface area (Å²) < 4.78 is 0. The average molecular weight is 221 g/mol. The Morgan fingerprint density at radius 2 is 2.07 bits per heavy atom. The zero-order valence-corrected chi connectivity index (χ0v) is 8.28. The zero-order valence-electron chi connectivity index (χ0n) is 7.53.